The Hall–Kier alpha value is -1.88. The Morgan fingerprint density at radius 2 is 2.21 bits per heavy atom. The second-order valence-corrected chi connectivity index (χ2v) is 4.06. The van der Waals surface area contributed by atoms with E-state index in [1.807, 2.05) is 0 Å². The number of rotatable bonds is 3. The van der Waals surface area contributed by atoms with Crippen molar-refractivity contribution in [3.8, 4) is 5.75 Å². The zero-order valence-electron chi connectivity index (χ0n) is 10.4. The summed E-state index contributed by atoms with van der Waals surface area (Å²) in [5.74, 6) is -1.17. The number of methoxy groups -OCH3 is 1. The summed E-state index contributed by atoms with van der Waals surface area (Å²) in [4.78, 5) is 15.3. The maximum Gasteiger partial charge on any atom is 0.337 e. The van der Waals surface area contributed by atoms with E-state index in [1.165, 1.54) is 19.2 Å². The molecular formula is C13H11ClFNO3. The molecule has 0 amide bonds. The van der Waals surface area contributed by atoms with E-state index >= 15 is 0 Å². The number of nitrogens with zero attached hydrogens (tertiary/aromatic N) is 1. The fourth-order valence-electron chi connectivity index (χ4n) is 1.71. The molecule has 0 bridgehead atoms. The zero-order chi connectivity index (χ0) is 14.0. The van der Waals surface area contributed by atoms with Crippen LogP contribution in [0.2, 0.25) is 5.15 Å². The Kier molecular flexibility index (Phi) is 3.85. The van der Waals surface area contributed by atoms with Gasteiger partial charge >= 0.3 is 5.97 Å². The van der Waals surface area contributed by atoms with Gasteiger partial charge in [-0.3, -0.25) is 0 Å². The number of halogens is 2. The van der Waals surface area contributed by atoms with Gasteiger partial charge in [-0.05, 0) is 25.1 Å². The lowest BCUT2D eigenvalue weighted by atomic mass is 10.1. The van der Waals surface area contributed by atoms with Gasteiger partial charge in [0.2, 0.25) is 5.82 Å². The minimum Gasteiger partial charge on any atom is -0.490 e. The van der Waals surface area contributed by atoms with Crippen LogP contribution in [0.15, 0.2) is 18.2 Å². The van der Waals surface area contributed by atoms with Crippen LogP contribution >= 0.6 is 11.6 Å². The fraction of sp³-hybridized carbons (Fsp3) is 0.231. The van der Waals surface area contributed by atoms with Crippen LogP contribution in [0.1, 0.15) is 17.3 Å². The van der Waals surface area contributed by atoms with Crippen molar-refractivity contribution in [3.63, 3.8) is 0 Å². The Bertz CT molecular complexity index is 645. The van der Waals surface area contributed by atoms with Crippen molar-refractivity contribution in [1.29, 1.82) is 0 Å². The van der Waals surface area contributed by atoms with Crippen molar-refractivity contribution in [2.75, 3.05) is 13.7 Å². The molecule has 1 heterocycles. The minimum atomic E-state index is -0.707. The van der Waals surface area contributed by atoms with Crippen LogP contribution in [0.4, 0.5) is 4.39 Å². The molecule has 0 radical (unpaired) electrons. The molecule has 0 spiro atoms. The van der Waals surface area contributed by atoms with Gasteiger partial charge in [-0.15, -0.1) is 0 Å². The number of hydrogen-bond donors (Lipinski definition) is 0. The van der Waals surface area contributed by atoms with Crippen LogP contribution < -0.4 is 4.74 Å². The number of carbonyl (C=O) groups excluding carboxylic acids is 1. The highest BCUT2D eigenvalue weighted by Crippen LogP contribution is 2.32. The number of hydrogen-bond acceptors (Lipinski definition) is 4. The molecule has 1 aromatic carbocycles. The topological polar surface area (TPSA) is 48.4 Å². The van der Waals surface area contributed by atoms with E-state index in [4.69, 9.17) is 16.3 Å². The van der Waals surface area contributed by atoms with Crippen LogP contribution in [0, 0.1) is 5.82 Å². The summed E-state index contributed by atoms with van der Waals surface area (Å²) in [6.07, 6.45) is 0. The molecule has 0 aliphatic heterocycles. The molecule has 1 aromatic heterocycles. The van der Waals surface area contributed by atoms with Crippen LogP contribution in [0.3, 0.4) is 0 Å². The first-order valence-electron chi connectivity index (χ1n) is 5.58. The molecule has 2 aromatic rings. The molecule has 0 N–H and O–H groups in total. The molecule has 0 aliphatic carbocycles. The highest BCUT2D eigenvalue weighted by molar-refractivity contribution is 6.30. The van der Waals surface area contributed by atoms with Crippen LogP contribution in [0.5, 0.6) is 5.75 Å². The summed E-state index contributed by atoms with van der Waals surface area (Å²) in [7, 11) is 1.28. The Morgan fingerprint density at radius 1 is 1.47 bits per heavy atom. The van der Waals surface area contributed by atoms with Gasteiger partial charge in [-0.25, -0.2) is 9.78 Å². The van der Waals surface area contributed by atoms with Crippen molar-refractivity contribution in [2.45, 2.75) is 6.92 Å². The van der Waals surface area contributed by atoms with Gasteiger partial charge in [0, 0.05) is 5.39 Å². The largest absolute Gasteiger partial charge is 0.490 e. The van der Waals surface area contributed by atoms with Gasteiger partial charge in [0.25, 0.3) is 0 Å². The molecule has 0 atom stereocenters. The minimum absolute atomic E-state index is 0.0360. The van der Waals surface area contributed by atoms with Crippen LogP contribution in [-0.4, -0.2) is 24.7 Å². The highest BCUT2D eigenvalue weighted by atomic mass is 35.5. The SMILES string of the molecule is CCOc1c(F)c(Cl)nc2cc(C(=O)OC)ccc12. The smallest absolute Gasteiger partial charge is 0.337 e. The van der Waals surface area contributed by atoms with Gasteiger partial charge in [0.05, 0.1) is 24.8 Å². The molecule has 19 heavy (non-hydrogen) atoms. The standard InChI is InChI=1S/C13H11ClFNO3/c1-3-19-11-8-5-4-7(13(17)18-2)6-9(8)16-12(14)10(11)15/h4-6H,3H2,1-2H3. The Labute approximate surface area is 114 Å². The summed E-state index contributed by atoms with van der Waals surface area (Å²) in [5, 5.41) is 0.161. The summed E-state index contributed by atoms with van der Waals surface area (Å²) in [6, 6.07) is 4.56. The fourth-order valence-corrected chi connectivity index (χ4v) is 1.89. The van der Waals surface area contributed by atoms with E-state index in [-0.39, 0.29) is 10.9 Å². The van der Waals surface area contributed by atoms with Crippen molar-refractivity contribution in [2.24, 2.45) is 0 Å². The number of esters is 1. The lowest BCUT2D eigenvalue weighted by molar-refractivity contribution is 0.0601. The van der Waals surface area contributed by atoms with Gasteiger partial charge in [0.15, 0.2) is 10.9 Å². The molecule has 6 heteroatoms. The van der Waals surface area contributed by atoms with E-state index < -0.39 is 11.8 Å². The van der Waals surface area contributed by atoms with Gasteiger partial charge in [-0.1, -0.05) is 11.6 Å². The van der Waals surface area contributed by atoms with Crippen molar-refractivity contribution in [3.05, 3.63) is 34.7 Å². The average molecular weight is 284 g/mol. The third-order valence-electron chi connectivity index (χ3n) is 2.55. The van der Waals surface area contributed by atoms with E-state index in [0.717, 1.165) is 0 Å². The third kappa shape index (κ3) is 2.46. The summed E-state index contributed by atoms with van der Waals surface area (Å²) >= 11 is 5.71. The molecular weight excluding hydrogens is 273 g/mol. The molecule has 4 nitrogen and oxygen atoms in total. The Morgan fingerprint density at radius 3 is 2.84 bits per heavy atom. The van der Waals surface area contributed by atoms with Crippen molar-refractivity contribution < 1.29 is 18.7 Å². The predicted molar refractivity (Wildman–Crippen MR) is 69.2 cm³/mol. The van der Waals surface area contributed by atoms with Gasteiger partial charge in [-0.2, -0.15) is 4.39 Å². The number of benzene rings is 1. The average Bonchev–Trinajstić information content (AvgIpc) is 2.42. The van der Waals surface area contributed by atoms with E-state index in [0.29, 0.717) is 23.1 Å². The molecule has 0 aliphatic rings. The number of pyridine rings is 1. The second kappa shape index (κ2) is 5.40. The second-order valence-electron chi connectivity index (χ2n) is 3.70. The summed E-state index contributed by atoms with van der Waals surface area (Å²) in [6.45, 7) is 2.04. The normalized spacial score (nSPS) is 10.5. The van der Waals surface area contributed by atoms with E-state index in [9.17, 15) is 9.18 Å². The van der Waals surface area contributed by atoms with Crippen LogP contribution in [0.25, 0.3) is 10.9 Å². The first kappa shape index (κ1) is 13.5. The molecule has 0 saturated heterocycles. The Balaban J connectivity index is 2.68. The van der Waals surface area contributed by atoms with Crippen molar-refractivity contribution >= 4 is 28.5 Å². The molecule has 0 saturated carbocycles. The number of ether oxygens (including phenoxy) is 2. The number of carbonyl (C=O) groups is 1. The first-order valence-corrected chi connectivity index (χ1v) is 5.96. The van der Waals surface area contributed by atoms with E-state index in [2.05, 4.69) is 9.72 Å². The van der Waals surface area contributed by atoms with Crippen LogP contribution in [-0.2, 0) is 4.74 Å². The maximum atomic E-state index is 13.8. The quantitative estimate of drug-likeness (QED) is 0.641. The highest BCUT2D eigenvalue weighted by Gasteiger charge is 2.16. The van der Waals surface area contributed by atoms with Gasteiger partial charge in [0.1, 0.15) is 0 Å². The van der Waals surface area contributed by atoms with Gasteiger partial charge < -0.3 is 9.47 Å². The first-order chi connectivity index (χ1) is 9.08. The third-order valence-corrected chi connectivity index (χ3v) is 2.80. The number of aromatic nitrogens is 1. The summed E-state index contributed by atoms with van der Waals surface area (Å²) < 4.78 is 23.7. The maximum absolute atomic E-state index is 13.8. The molecule has 0 fully saturated rings. The molecule has 2 rings (SSSR count). The monoisotopic (exact) mass is 283 g/mol. The zero-order valence-corrected chi connectivity index (χ0v) is 11.1. The lowest BCUT2D eigenvalue weighted by Crippen LogP contribution is -2.03. The predicted octanol–water partition coefficient (Wildman–Crippen LogP) is 3.21. The summed E-state index contributed by atoms with van der Waals surface area (Å²) in [5.41, 5.74) is 0.686. The van der Waals surface area contributed by atoms with E-state index in [1.54, 1.807) is 13.0 Å². The molecule has 100 valence electrons. The number of fused-ring (bicyclic) bond motifs is 1. The van der Waals surface area contributed by atoms with Crippen molar-refractivity contribution in [1.82, 2.24) is 4.98 Å². The molecule has 0 unspecified atom stereocenters. The lowest BCUT2D eigenvalue weighted by Gasteiger charge is -2.10.